The minimum absolute atomic E-state index is 0.848. The lowest BCUT2D eigenvalue weighted by Gasteiger charge is -2.26. The van der Waals surface area contributed by atoms with Crippen molar-refractivity contribution in [3.63, 3.8) is 0 Å². The van der Waals surface area contributed by atoms with Crippen LogP contribution in [0.3, 0.4) is 0 Å². The van der Waals surface area contributed by atoms with Crippen LogP contribution in [0.2, 0.25) is 0 Å². The summed E-state index contributed by atoms with van der Waals surface area (Å²) in [6, 6.07) is 6.39. The van der Waals surface area contributed by atoms with Crippen LogP contribution in [-0.2, 0) is 0 Å². The second-order valence-corrected chi connectivity index (χ2v) is 5.68. The van der Waals surface area contributed by atoms with Gasteiger partial charge in [0.2, 0.25) is 0 Å². The van der Waals surface area contributed by atoms with Gasteiger partial charge in [0.1, 0.15) is 0 Å². The van der Waals surface area contributed by atoms with E-state index in [-0.39, 0.29) is 0 Å². The van der Waals surface area contributed by atoms with Crippen molar-refractivity contribution in [3.05, 3.63) is 24.4 Å². The van der Waals surface area contributed by atoms with Gasteiger partial charge in [0.05, 0.1) is 11.7 Å². The van der Waals surface area contributed by atoms with E-state index in [0.29, 0.717) is 0 Å². The average Bonchev–Trinajstić information content (AvgIpc) is 2.85. The zero-order valence-electron chi connectivity index (χ0n) is 10.9. The number of hydrogen-bond acceptors (Lipinski definition) is 2. The summed E-state index contributed by atoms with van der Waals surface area (Å²) >= 11 is 0. The number of fused-ring (bicyclic) bond motifs is 1. The summed E-state index contributed by atoms with van der Waals surface area (Å²) in [6.45, 7) is 3.48. The number of anilines is 1. The molecule has 1 heterocycles. The molecule has 3 nitrogen and oxygen atoms in total. The van der Waals surface area contributed by atoms with Crippen molar-refractivity contribution in [2.75, 3.05) is 11.9 Å². The maximum Gasteiger partial charge on any atom is 0.0651 e. The van der Waals surface area contributed by atoms with Crippen LogP contribution in [0, 0.1) is 11.8 Å². The molecule has 1 aromatic heterocycles. The third kappa shape index (κ3) is 2.50. The normalized spacial score (nSPS) is 24.3. The SMILES string of the molecule is CC1CCC(CNc2ccc3[nH]ncc3c2)CC1. The summed E-state index contributed by atoms with van der Waals surface area (Å²) in [5, 5.41) is 11.8. The molecule has 0 amide bonds. The van der Waals surface area contributed by atoms with Crippen LogP contribution in [0.5, 0.6) is 0 Å². The smallest absolute Gasteiger partial charge is 0.0651 e. The molecule has 0 spiro atoms. The monoisotopic (exact) mass is 243 g/mol. The first kappa shape index (κ1) is 11.6. The Hall–Kier alpha value is -1.51. The van der Waals surface area contributed by atoms with E-state index in [1.807, 2.05) is 6.20 Å². The molecule has 0 radical (unpaired) electrons. The summed E-state index contributed by atoms with van der Waals surface area (Å²) < 4.78 is 0. The van der Waals surface area contributed by atoms with Gasteiger partial charge >= 0.3 is 0 Å². The second kappa shape index (κ2) is 5.01. The average molecular weight is 243 g/mol. The maximum atomic E-state index is 4.05. The number of aromatic nitrogens is 2. The van der Waals surface area contributed by atoms with E-state index in [4.69, 9.17) is 0 Å². The van der Waals surface area contributed by atoms with Gasteiger partial charge in [0, 0.05) is 17.6 Å². The highest BCUT2D eigenvalue weighted by Crippen LogP contribution is 2.28. The van der Waals surface area contributed by atoms with Crippen molar-refractivity contribution in [2.24, 2.45) is 11.8 Å². The van der Waals surface area contributed by atoms with Gasteiger partial charge in [-0.1, -0.05) is 19.8 Å². The number of nitrogens with zero attached hydrogens (tertiary/aromatic N) is 1. The fourth-order valence-corrected chi connectivity index (χ4v) is 2.85. The van der Waals surface area contributed by atoms with Crippen molar-refractivity contribution >= 4 is 16.6 Å². The molecule has 0 saturated heterocycles. The van der Waals surface area contributed by atoms with Gasteiger partial charge in [0.15, 0.2) is 0 Å². The van der Waals surface area contributed by atoms with Crippen LogP contribution >= 0.6 is 0 Å². The standard InChI is InChI=1S/C15H21N3/c1-11-2-4-12(5-3-11)9-16-14-6-7-15-13(8-14)10-17-18-15/h6-8,10-12,16H,2-5,9H2,1H3,(H,17,18). The first-order valence-electron chi connectivity index (χ1n) is 6.98. The summed E-state index contributed by atoms with van der Waals surface area (Å²) in [7, 11) is 0. The maximum absolute atomic E-state index is 4.05. The Bertz CT molecular complexity index is 509. The number of benzene rings is 1. The largest absolute Gasteiger partial charge is 0.385 e. The van der Waals surface area contributed by atoms with E-state index in [1.165, 1.54) is 36.8 Å². The highest BCUT2D eigenvalue weighted by atomic mass is 15.1. The van der Waals surface area contributed by atoms with Crippen LogP contribution in [0.4, 0.5) is 5.69 Å². The Balaban J connectivity index is 1.59. The molecule has 0 unspecified atom stereocenters. The molecule has 3 heteroatoms. The Morgan fingerprint density at radius 1 is 1.28 bits per heavy atom. The molecule has 0 aliphatic heterocycles. The quantitative estimate of drug-likeness (QED) is 0.860. The van der Waals surface area contributed by atoms with E-state index in [0.717, 1.165) is 23.9 Å². The van der Waals surface area contributed by atoms with Gasteiger partial charge in [0.25, 0.3) is 0 Å². The van der Waals surface area contributed by atoms with E-state index < -0.39 is 0 Å². The predicted octanol–water partition coefficient (Wildman–Crippen LogP) is 3.80. The fraction of sp³-hybridized carbons (Fsp3) is 0.533. The molecular weight excluding hydrogens is 222 g/mol. The number of aromatic amines is 1. The Morgan fingerprint density at radius 2 is 2.11 bits per heavy atom. The first-order chi connectivity index (χ1) is 8.81. The topological polar surface area (TPSA) is 40.7 Å². The first-order valence-corrected chi connectivity index (χ1v) is 6.98. The lowest BCUT2D eigenvalue weighted by Crippen LogP contribution is -2.20. The molecule has 1 aliphatic rings. The Morgan fingerprint density at radius 3 is 2.94 bits per heavy atom. The highest BCUT2D eigenvalue weighted by Gasteiger charge is 2.17. The van der Waals surface area contributed by atoms with Crippen molar-refractivity contribution in [2.45, 2.75) is 32.6 Å². The molecular formula is C15H21N3. The molecule has 3 rings (SSSR count). The van der Waals surface area contributed by atoms with Gasteiger partial charge in [-0.3, -0.25) is 5.10 Å². The molecule has 2 aromatic rings. The third-order valence-electron chi connectivity index (χ3n) is 4.17. The van der Waals surface area contributed by atoms with E-state index in [9.17, 15) is 0 Å². The van der Waals surface area contributed by atoms with Gasteiger partial charge in [-0.15, -0.1) is 0 Å². The minimum atomic E-state index is 0.848. The third-order valence-corrected chi connectivity index (χ3v) is 4.17. The van der Waals surface area contributed by atoms with Crippen LogP contribution in [-0.4, -0.2) is 16.7 Å². The lowest BCUT2D eigenvalue weighted by molar-refractivity contribution is 0.300. The Labute approximate surface area is 108 Å². The molecule has 1 aliphatic carbocycles. The summed E-state index contributed by atoms with van der Waals surface area (Å²) in [5.74, 6) is 1.78. The summed E-state index contributed by atoms with van der Waals surface area (Å²) in [4.78, 5) is 0. The van der Waals surface area contributed by atoms with Gasteiger partial charge < -0.3 is 5.32 Å². The van der Waals surface area contributed by atoms with Gasteiger partial charge in [-0.25, -0.2) is 0 Å². The zero-order chi connectivity index (χ0) is 12.4. The fourth-order valence-electron chi connectivity index (χ4n) is 2.85. The van der Waals surface area contributed by atoms with Crippen LogP contribution < -0.4 is 5.32 Å². The van der Waals surface area contributed by atoms with Crippen LogP contribution in [0.1, 0.15) is 32.6 Å². The molecule has 0 bridgehead atoms. The number of nitrogens with one attached hydrogen (secondary N) is 2. The molecule has 1 aromatic carbocycles. The number of hydrogen-bond donors (Lipinski definition) is 2. The van der Waals surface area contributed by atoms with Gasteiger partial charge in [-0.05, 0) is 42.9 Å². The van der Waals surface area contributed by atoms with Crippen molar-refractivity contribution in [1.82, 2.24) is 10.2 Å². The molecule has 1 saturated carbocycles. The molecule has 2 N–H and O–H groups in total. The van der Waals surface area contributed by atoms with Crippen molar-refractivity contribution < 1.29 is 0 Å². The number of rotatable bonds is 3. The summed E-state index contributed by atoms with van der Waals surface area (Å²) in [6.07, 6.45) is 7.42. The number of H-pyrrole nitrogens is 1. The Kier molecular flexibility index (Phi) is 3.22. The molecule has 1 fully saturated rings. The van der Waals surface area contributed by atoms with Crippen molar-refractivity contribution in [1.29, 1.82) is 0 Å². The van der Waals surface area contributed by atoms with E-state index in [1.54, 1.807) is 0 Å². The summed E-state index contributed by atoms with van der Waals surface area (Å²) in [5.41, 5.74) is 2.31. The van der Waals surface area contributed by atoms with Crippen LogP contribution in [0.25, 0.3) is 10.9 Å². The van der Waals surface area contributed by atoms with E-state index in [2.05, 4.69) is 40.6 Å². The minimum Gasteiger partial charge on any atom is -0.385 e. The molecule has 96 valence electrons. The molecule has 18 heavy (non-hydrogen) atoms. The zero-order valence-corrected chi connectivity index (χ0v) is 10.9. The second-order valence-electron chi connectivity index (χ2n) is 5.68. The highest BCUT2D eigenvalue weighted by molar-refractivity contribution is 5.81. The lowest BCUT2D eigenvalue weighted by atomic mass is 9.83. The van der Waals surface area contributed by atoms with Crippen LogP contribution in [0.15, 0.2) is 24.4 Å². The van der Waals surface area contributed by atoms with E-state index >= 15 is 0 Å². The van der Waals surface area contributed by atoms with Gasteiger partial charge in [-0.2, -0.15) is 5.10 Å². The predicted molar refractivity (Wildman–Crippen MR) is 75.7 cm³/mol. The molecule has 0 atom stereocenters. The van der Waals surface area contributed by atoms with Crippen molar-refractivity contribution in [3.8, 4) is 0 Å².